The topological polar surface area (TPSA) is 50.1 Å². The van der Waals surface area contributed by atoms with Gasteiger partial charge in [-0.05, 0) is 51.7 Å². The van der Waals surface area contributed by atoms with Crippen molar-refractivity contribution in [1.29, 1.82) is 0 Å². The van der Waals surface area contributed by atoms with Crippen LogP contribution < -0.4 is 4.90 Å². The second-order valence-corrected chi connectivity index (χ2v) is 9.17. The van der Waals surface area contributed by atoms with Crippen LogP contribution in [0.3, 0.4) is 0 Å². The van der Waals surface area contributed by atoms with Crippen molar-refractivity contribution < 1.29 is 4.39 Å². The largest absolute Gasteiger partial charge is 0.367 e. The summed E-state index contributed by atoms with van der Waals surface area (Å²) in [6.07, 6.45) is 0. The first-order valence-electron chi connectivity index (χ1n) is 10.5. The summed E-state index contributed by atoms with van der Waals surface area (Å²) in [4.78, 5) is 5.65. The maximum absolute atomic E-state index is 14.3. The lowest BCUT2D eigenvalue weighted by molar-refractivity contribution is 0.201. The zero-order valence-electron chi connectivity index (χ0n) is 17.3. The Morgan fingerprint density at radius 1 is 0.969 bits per heavy atom. The highest BCUT2D eigenvalue weighted by molar-refractivity contribution is 7.09. The van der Waals surface area contributed by atoms with Gasteiger partial charge in [0, 0.05) is 36.1 Å². The summed E-state index contributed by atoms with van der Waals surface area (Å²) >= 11 is 7.84. The molecule has 1 fully saturated rings. The van der Waals surface area contributed by atoms with E-state index in [1.807, 2.05) is 47.1 Å². The van der Waals surface area contributed by atoms with Crippen molar-refractivity contribution in [3.05, 3.63) is 93.1 Å². The van der Waals surface area contributed by atoms with Crippen LogP contribution in [-0.2, 0) is 6.54 Å². The highest BCUT2D eigenvalue weighted by atomic mass is 35.5. The van der Waals surface area contributed by atoms with E-state index in [0.29, 0.717) is 17.3 Å². The van der Waals surface area contributed by atoms with E-state index in [-0.39, 0.29) is 11.9 Å². The van der Waals surface area contributed by atoms with Gasteiger partial charge in [0.25, 0.3) is 0 Å². The molecule has 0 unspecified atom stereocenters. The second-order valence-electron chi connectivity index (χ2n) is 7.70. The molecule has 0 N–H and O–H groups in total. The third-order valence-electron chi connectivity index (χ3n) is 5.75. The SMILES string of the molecule is Fc1ccccc1N1CCN([C@H](c2ccc(Cl)cc2)c2nnnn2Cc2cccs2)CC1. The average Bonchev–Trinajstić information content (AvgIpc) is 3.49. The minimum atomic E-state index is -0.185. The normalized spacial score (nSPS) is 15.8. The molecule has 9 heteroatoms. The number of halogens is 2. The molecule has 0 bridgehead atoms. The molecule has 1 atom stereocenters. The van der Waals surface area contributed by atoms with Crippen molar-refractivity contribution in [2.45, 2.75) is 12.6 Å². The third-order valence-corrected chi connectivity index (χ3v) is 6.86. The van der Waals surface area contributed by atoms with Gasteiger partial charge in [-0.3, -0.25) is 4.90 Å². The molecule has 0 saturated carbocycles. The molecular formula is C23H22ClFN6S. The van der Waals surface area contributed by atoms with Gasteiger partial charge in [0.15, 0.2) is 5.82 Å². The number of aromatic nitrogens is 4. The molecule has 1 aliphatic rings. The first-order valence-corrected chi connectivity index (χ1v) is 11.7. The van der Waals surface area contributed by atoms with Crippen LogP contribution >= 0.6 is 22.9 Å². The van der Waals surface area contributed by atoms with E-state index < -0.39 is 0 Å². The molecule has 1 aliphatic heterocycles. The lowest BCUT2D eigenvalue weighted by Crippen LogP contribution is -2.48. The van der Waals surface area contributed by atoms with Gasteiger partial charge in [-0.2, -0.15) is 0 Å². The van der Waals surface area contributed by atoms with Crippen molar-refractivity contribution in [1.82, 2.24) is 25.1 Å². The van der Waals surface area contributed by atoms with Crippen LogP contribution in [0.1, 0.15) is 22.3 Å². The highest BCUT2D eigenvalue weighted by Crippen LogP contribution is 2.31. The lowest BCUT2D eigenvalue weighted by Gasteiger charge is -2.40. The average molecular weight is 469 g/mol. The molecule has 164 valence electrons. The van der Waals surface area contributed by atoms with Gasteiger partial charge in [0.05, 0.1) is 18.3 Å². The van der Waals surface area contributed by atoms with Crippen molar-refractivity contribution in [2.24, 2.45) is 0 Å². The van der Waals surface area contributed by atoms with Gasteiger partial charge in [-0.1, -0.05) is 41.9 Å². The number of hydrogen-bond acceptors (Lipinski definition) is 6. The van der Waals surface area contributed by atoms with Crippen LogP contribution in [0.4, 0.5) is 10.1 Å². The quantitative estimate of drug-likeness (QED) is 0.417. The van der Waals surface area contributed by atoms with E-state index >= 15 is 0 Å². The molecule has 0 amide bonds. The van der Waals surface area contributed by atoms with E-state index in [2.05, 4.69) is 36.8 Å². The van der Waals surface area contributed by atoms with Gasteiger partial charge in [-0.25, -0.2) is 9.07 Å². The van der Waals surface area contributed by atoms with E-state index in [9.17, 15) is 4.39 Å². The number of nitrogens with zero attached hydrogens (tertiary/aromatic N) is 6. The Bertz CT molecular complexity index is 1160. The van der Waals surface area contributed by atoms with Gasteiger partial charge in [0.1, 0.15) is 5.82 Å². The molecule has 0 spiro atoms. The van der Waals surface area contributed by atoms with E-state index in [4.69, 9.17) is 11.6 Å². The maximum atomic E-state index is 14.3. The zero-order chi connectivity index (χ0) is 21.9. The van der Waals surface area contributed by atoms with Gasteiger partial charge >= 0.3 is 0 Å². The summed E-state index contributed by atoms with van der Waals surface area (Å²) in [5.74, 6) is 0.607. The predicted molar refractivity (Wildman–Crippen MR) is 125 cm³/mol. The van der Waals surface area contributed by atoms with E-state index in [1.165, 1.54) is 10.9 Å². The first-order chi connectivity index (χ1) is 15.7. The van der Waals surface area contributed by atoms with E-state index in [0.717, 1.165) is 37.6 Å². The molecule has 0 aliphatic carbocycles. The van der Waals surface area contributed by atoms with Crippen molar-refractivity contribution >= 4 is 28.6 Å². The number of rotatable bonds is 6. The number of anilines is 1. The van der Waals surface area contributed by atoms with Gasteiger partial charge < -0.3 is 4.90 Å². The molecular weight excluding hydrogens is 447 g/mol. The summed E-state index contributed by atoms with van der Waals surface area (Å²) in [6, 6.07) is 18.8. The fourth-order valence-corrected chi connectivity index (χ4v) is 4.98. The number of piperazine rings is 1. The molecule has 32 heavy (non-hydrogen) atoms. The third kappa shape index (κ3) is 4.39. The fraction of sp³-hybridized carbons (Fsp3) is 0.261. The smallest absolute Gasteiger partial charge is 0.173 e. The van der Waals surface area contributed by atoms with Crippen LogP contribution in [0.15, 0.2) is 66.0 Å². The standard InChI is InChI=1S/C23H22ClFN6S/c24-18-9-7-17(8-10-18)22(23-26-27-28-31(23)16-19-4-3-15-32-19)30-13-11-29(12-14-30)21-6-2-1-5-20(21)25/h1-10,15,22H,11-14,16H2/t22-/m1/s1. The van der Waals surface area contributed by atoms with Crippen molar-refractivity contribution in [2.75, 3.05) is 31.1 Å². The number of tetrazole rings is 1. The van der Waals surface area contributed by atoms with Crippen LogP contribution in [0.2, 0.25) is 5.02 Å². The molecule has 0 radical (unpaired) electrons. The maximum Gasteiger partial charge on any atom is 0.173 e. The molecule has 6 nitrogen and oxygen atoms in total. The number of hydrogen-bond donors (Lipinski definition) is 0. The van der Waals surface area contributed by atoms with Crippen LogP contribution in [-0.4, -0.2) is 51.3 Å². The Morgan fingerprint density at radius 3 is 2.47 bits per heavy atom. The second kappa shape index (κ2) is 9.36. The number of thiophene rings is 1. The van der Waals surface area contributed by atoms with Crippen LogP contribution in [0, 0.1) is 5.82 Å². The van der Waals surface area contributed by atoms with E-state index in [1.54, 1.807) is 17.4 Å². The minimum absolute atomic E-state index is 0.120. The van der Waals surface area contributed by atoms with Crippen molar-refractivity contribution in [3.8, 4) is 0 Å². The number of para-hydroxylation sites is 1. The highest BCUT2D eigenvalue weighted by Gasteiger charge is 2.31. The Hall–Kier alpha value is -2.81. The molecule has 2 aromatic carbocycles. The monoisotopic (exact) mass is 468 g/mol. The molecule has 2 aromatic heterocycles. The Kier molecular flexibility index (Phi) is 6.16. The Morgan fingerprint density at radius 2 is 1.75 bits per heavy atom. The van der Waals surface area contributed by atoms with Gasteiger partial charge in [-0.15, -0.1) is 16.4 Å². The Balaban J connectivity index is 1.43. The van der Waals surface area contributed by atoms with Crippen molar-refractivity contribution in [3.63, 3.8) is 0 Å². The molecule has 1 saturated heterocycles. The fourth-order valence-electron chi connectivity index (χ4n) is 4.17. The summed E-state index contributed by atoms with van der Waals surface area (Å²) in [5.41, 5.74) is 1.73. The Labute approximate surface area is 194 Å². The predicted octanol–water partition coefficient (Wildman–Crippen LogP) is 4.49. The summed E-state index contributed by atoms with van der Waals surface area (Å²) < 4.78 is 16.2. The van der Waals surface area contributed by atoms with Gasteiger partial charge in [0.2, 0.25) is 0 Å². The molecule has 4 aromatic rings. The zero-order valence-corrected chi connectivity index (χ0v) is 18.9. The summed E-state index contributed by atoms with van der Waals surface area (Å²) in [6.45, 7) is 3.58. The van der Waals surface area contributed by atoms with Crippen LogP contribution in [0.25, 0.3) is 0 Å². The minimum Gasteiger partial charge on any atom is -0.367 e. The van der Waals surface area contributed by atoms with Crippen LogP contribution in [0.5, 0.6) is 0 Å². The summed E-state index contributed by atoms with van der Waals surface area (Å²) in [7, 11) is 0. The lowest BCUT2D eigenvalue weighted by atomic mass is 10.0. The molecule has 5 rings (SSSR count). The summed E-state index contributed by atoms with van der Waals surface area (Å²) in [5, 5.41) is 15.4. The molecule has 3 heterocycles. The number of benzene rings is 2. The first kappa shape index (κ1) is 21.1.